The Morgan fingerprint density at radius 2 is 0.889 bits per heavy atom. The van der Waals surface area contributed by atoms with Crippen molar-refractivity contribution in [1.29, 1.82) is 0 Å². The zero-order valence-corrected chi connectivity index (χ0v) is 18.8. The topological polar surface area (TPSA) is 37.3 Å². The quantitative estimate of drug-likeness (QED) is 0.190. The van der Waals surface area contributed by atoms with Gasteiger partial charge < -0.3 is 5.11 Å². The summed E-state index contributed by atoms with van der Waals surface area (Å²) in [4.78, 5) is 10.5. The van der Waals surface area contributed by atoms with Crippen LogP contribution in [0.1, 0.15) is 149 Å². The number of carbonyl (C=O) groups is 1. The van der Waals surface area contributed by atoms with E-state index < -0.39 is 5.97 Å². The van der Waals surface area contributed by atoms with Crippen LogP contribution in [0.2, 0.25) is 0 Å². The summed E-state index contributed by atoms with van der Waals surface area (Å²) < 4.78 is 0. The van der Waals surface area contributed by atoms with Crippen LogP contribution in [0.5, 0.6) is 0 Å². The van der Waals surface area contributed by atoms with Gasteiger partial charge in [0, 0.05) is 6.42 Å². The van der Waals surface area contributed by atoms with E-state index >= 15 is 0 Å². The average Bonchev–Trinajstić information content (AvgIpc) is 2.65. The van der Waals surface area contributed by atoms with Crippen LogP contribution in [-0.4, -0.2) is 11.1 Å². The van der Waals surface area contributed by atoms with Crippen LogP contribution < -0.4 is 0 Å². The zero-order valence-electron chi connectivity index (χ0n) is 18.8. The lowest BCUT2D eigenvalue weighted by molar-refractivity contribution is -0.137. The molecule has 0 aromatic rings. The van der Waals surface area contributed by atoms with Gasteiger partial charge in [-0.3, -0.25) is 4.79 Å². The molecule has 0 aliphatic heterocycles. The van der Waals surface area contributed by atoms with E-state index in [0.717, 1.165) is 18.8 Å². The number of hydrogen-bond acceptors (Lipinski definition) is 1. The lowest BCUT2D eigenvalue weighted by Crippen LogP contribution is -2.02. The molecule has 0 rings (SSSR count). The SMILES string of the molecule is CCCCCCCCC(CCCCCCCC)CCCCCCCC(=O)O. The molecule has 0 saturated heterocycles. The monoisotopic (exact) mass is 382 g/mol. The van der Waals surface area contributed by atoms with Crippen LogP contribution in [0.15, 0.2) is 0 Å². The molecule has 0 bridgehead atoms. The summed E-state index contributed by atoms with van der Waals surface area (Å²) in [5, 5.41) is 8.69. The molecule has 0 aromatic heterocycles. The highest BCUT2D eigenvalue weighted by Crippen LogP contribution is 2.24. The maximum absolute atomic E-state index is 10.5. The predicted molar refractivity (Wildman–Crippen MR) is 119 cm³/mol. The van der Waals surface area contributed by atoms with E-state index in [1.165, 1.54) is 116 Å². The number of aliphatic carboxylic acids is 1. The number of carboxylic acid groups (broad SMARTS) is 1. The maximum atomic E-state index is 10.5. The van der Waals surface area contributed by atoms with Crippen molar-refractivity contribution in [2.24, 2.45) is 5.92 Å². The van der Waals surface area contributed by atoms with Crippen molar-refractivity contribution in [2.75, 3.05) is 0 Å². The van der Waals surface area contributed by atoms with Crippen LogP contribution in [0.3, 0.4) is 0 Å². The summed E-state index contributed by atoms with van der Waals surface area (Å²) in [7, 11) is 0. The number of carboxylic acids is 1. The number of hydrogen-bond donors (Lipinski definition) is 1. The minimum Gasteiger partial charge on any atom is -0.481 e. The molecule has 162 valence electrons. The maximum Gasteiger partial charge on any atom is 0.303 e. The van der Waals surface area contributed by atoms with Gasteiger partial charge in [-0.2, -0.15) is 0 Å². The molecule has 0 radical (unpaired) electrons. The van der Waals surface area contributed by atoms with Gasteiger partial charge in [0.2, 0.25) is 0 Å². The molecular formula is C25H50O2. The molecule has 0 amide bonds. The van der Waals surface area contributed by atoms with Gasteiger partial charge in [0.25, 0.3) is 0 Å². The Morgan fingerprint density at radius 3 is 1.26 bits per heavy atom. The molecule has 0 spiro atoms. The minimum absolute atomic E-state index is 0.346. The van der Waals surface area contributed by atoms with Crippen LogP contribution in [-0.2, 0) is 4.79 Å². The van der Waals surface area contributed by atoms with Gasteiger partial charge in [-0.1, -0.05) is 136 Å². The van der Waals surface area contributed by atoms with E-state index in [1.807, 2.05) is 0 Å². The second kappa shape index (κ2) is 21.8. The Morgan fingerprint density at radius 1 is 0.556 bits per heavy atom. The van der Waals surface area contributed by atoms with Gasteiger partial charge in [-0.05, 0) is 12.3 Å². The van der Waals surface area contributed by atoms with Gasteiger partial charge in [0.1, 0.15) is 0 Å². The summed E-state index contributed by atoms with van der Waals surface area (Å²) in [6.07, 6.45) is 27.4. The molecule has 2 nitrogen and oxygen atoms in total. The van der Waals surface area contributed by atoms with Gasteiger partial charge in [0.05, 0.1) is 0 Å². The first kappa shape index (κ1) is 26.5. The number of unbranched alkanes of at least 4 members (excludes halogenated alkanes) is 14. The van der Waals surface area contributed by atoms with Crippen molar-refractivity contribution in [2.45, 2.75) is 149 Å². The summed E-state index contributed by atoms with van der Waals surface area (Å²) in [5.74, 6) is 0.300. The molecule has 2 heteroatoms. The molecule has 0 saturated carbocycles. The smallest absolute Gasteiger partial charge is 0.303 e. The lowest BCUT2D eigenvalue weighted by Gasteiger charge is -2.17. The second-order valence-corrected chi connectivity index (χ2v) is 8.68. The van der Waals surface area contributed by atoms with Gasteiger partial charge >= 0.3 is 5.97 Å². The third-order valence-corrected chi connectivity index (χ3v) is 5.93. The van der Waals surface area contributed by atoms with E-state index in [1.54, 1.807) is 0 Å². The highest BCUT2D eigenvalue weighted by molar-refractivity contribution is 5.66. The molecule has 0 fully saturated rings. The lowest BCUT2D eigenvalue weighted by atomic mass is 9.89. The van der Waals surface area contributed by atoms with Crippen LogP contribution in [0, 0.1) is 5.92 Å². The van der Waals surface area contributed by atoms with E-state index in [2.05, 4.69) is 13.8 Å². The van der Waals surface area contributed by atoms with Crippen LogP contribution in [0.25, 0.3) is 0 Å². The molecule has 0 aliphatic carbocycles. The van der Waals surface area contributed by atoms with Crippen molar-refractivity contribution >= 4 is 5.97 Å². The summed E-state index contributed by atoms with van der Waals surface area (Å²) in [5.41, 5.74) is 0. The Bertz CT molecular complexity index is 285. The molecule has 0 unspecified atom stereocenters. The highest BCUT2D eigenvalue weighted by Gasteiger charge is 2.09. The normalized spacial score (nSPS) is 11.4. The van der Waals surface area contributed by atoms with Crippen molar-refractivity contribution in [3.8, 4) is 0 Å². The third-order valence-electron chi connectivity index (χ3n) is 5.93. The minimum atomic E-state index is -0.645. The molecule has 0 aliphatic rings. The standard InChI is InChI=1S/C25H50O2/c1-3-5-7-9-12-16-20-24(21-17-13-10-8-6-4-2)22-18-14-11-15-19-23-25(26)27/h24H,3-23H2,1-2H3,(H,26,27). The Kier molecular flexibility index (Phi) is 21.3. The first-order valence-electron chi connectivity index (χ1n) is 12.4. The molecule has 0 atom stereocenters. The van der Waals surface area contributed by atoms with E-state index in [0.29, 0.717) is 6.42 Å². The van der Waals surface area contributed by atoms with E-state index in [9.17, 15) is 4.79 Å². The highest BCUT2D eigenvalue weighted by atomic mass is 16.4. The van der Waals surface area contributed by atoms with Crippen molar-refractivity contribution in [3.63, 3.8) is 0 Å². The molecule has 0 heterocycles. The Balaban J connectivity index is 3.81. The first-order valence-corrected chi connectivity index (χ1v) is 12.4. The first-order chi connectivity index (χ1) is 13.2. The molecule has 27 heavy (non-hydrogen) atoms. The number of rotatable bonds is 22. The fraction of sp³-hybridized carbons (Fsp3) is 0.960. The fourth-order valence-electron chi connectivity index (χ4n) is 4.10. The van der Waals surface area contributed by atoms with Crippen LogP contribution in [0.4, 0.5) is 0 Å². The zero-order chi connectivity index (χ0) is 20.0. The summed E-state index contributed by atoms with van der Waals surface area (Å²) >= 11 is 0. The summed E-state index contributed by atoms with van der Waals surface area (Å²) in [6, 6.07) is 0. The second-order valence-electron chi connectivity index (χ2n) is 8.68. The molecule has 1 N–H and O–H groups in total. The van der Waals surface area contributed by atoms with Crippen LogP contribution >= 0.6 is 0 Å². The largest absolute Gasteiger partial charge is 0.481 e. The van der Waals surface area contributed by atoms with Crippen molar-refractivity contribution < 1.29 is 9.90 Å². The van der Waals surface area contributed by atoms with Crippen molar-refractivity contribution in [1.82, 2.24) is 0 Å². The van der Waals surface area contributed by atoms with Crippen molar-refractivity contribution in [3.05, 3.63) is 0 Å². The van der Waals surface area contributed by atoms with Gasteiger partial charge in [-0.25, -0.2) is 0 Å². The molecule has 0 aromatic carbocycles. The van der Waals surface area contributed by atoms with E-state index in [-0.39, 0.29) is 0 Å². The van der Waals surface area contributed by atoms with Gasteiger partial charge in [-0.15, -0.1) is 0 Å². The third kappa shape index (κ3) is 21.6. The molecular weight excluding hydrogens is 332 g/mol. The van der Waals surface area contributed by atoms with E-state index in [4.69, 9.17) is 5.11 Å². The Hall–Kier alpha value is -0.530. The predicted octanol–water partition coefficient (Wildman–Crippen LogP) is 8.92. The summed E-state index contributed by atoms with van der Waals surface area (Å²) in [6.45, 7) is 4.58. The fourth-order valence-corrected chi connectivity index (χ4v) is 4.10. The average molecular weight is 383 g/mol. The Labute approximate surface area is 170 Å². The van der Waals surface area contributed by atoms with Gasteiger partial charge in [0.15, 0.2) is 0 Å².